The van der Waals surface area contributed by atoms with Gasteiger partial charge in [0.25, 0.3) is 0 Å². The van der Waals surface area contributed by atoms with E-state index in [-0.39, 0.29) is 12.0 Å². The van der Waals surface area contributed by atoms with E-state index >= 15 is 0 Å². The Morgan fingerprint density at radius 3 is 2.59 bits per heavy atom. The molecule has 1 saturated carbocycles. The van der Waals surface area contributed by atoms with E-state index in [0.717, 1.165) is 12.3 Å². The standard InChI is InChI=1S/C14H27NO2/c1-5-11-6-7-12(9-11)15-13(8-10(2)3)14(16)17-4/h10-13,15H,5-9H2,1-4H3. The highest BCUT2D eigenvalue weighted by molar-refractivity contribution is 5.75. The Bertz CT molecular complexity index is 240. The molecular weight excluding hydrogens is 214 g/mol. The average molecular weight is 241 g/mol. The molecule has 1 aliphatic carbocycles. The van der Waals surface area contributed by atoms with Crippen molar-refractivity contribution in [2.24, 2.45) is 11.8 Å². The zero-order valence-corrected chi connectivity index (χ0v) is 11.7. The van der Waals surface area contributed by atoms with Gasteiger partial charge in [-0.3, -0.25) is 4.79 Å². The van der Waals surface area contributed by atoms with E-state index in [9.17, 15) is 4.79 Å². The van der Waals surface area contributed by atoms with Crippen molar-refractivity contribution in [2.75, 3.05) is 7.11 Å². The molecule has 0 aromatic carbocycles. The van der Waals surface area contributed by atoms with E-state index < -0.39 is 0 Å². The first-order chi connectivity index (χ1) is 8.06. The van der Waals surface area contributed by atoms with Crippen molar-refractivity contribution < 1.29 is 9.53 Å². The fraction of sp³-hybridized carbons (Fsp3) is 0.929. The van der Waals surface area contributed by atoms with Crippen LogP contribution in [0.5, 0.6) is 0 Å². The van der Waals surface area contributed by atoms with Gasteiger partial charge < -0.3 is 10.1 Å². The van der Waals surface area contributed by atoms with Crippen LogP contribution in [0.2, 0.25) is 0 Å². The quantitative estimate of drug-likeness (QED) is 0.727. The molecule has 100 valence electrons. The molecule has 0 bridgehead atoms. The largest absolute Gasteiger partial charge is 0.468 e. The van der Waals surface area contributed by atoms with Crippen LogP contribution in [-0.4, -0.2) is 25.2 Å². The molecule has 0 spiro atoms. The van der Waals surface area contributed by atoms with Gasteiger partial charge in [0.2, 0.25) is 0 Å². The van der Waals surface area contributed by atoms with Gasteiger partial charge >= 0.3 is 5.97 Å². The van der Waals surface area contributed by atoms with Crippen molar-refractivity contribution in [1.29, 1.82) is 0 Å². The molecule has 3 nitrogen and oxygen atoms in total. The van der Waals surface area contributed by atoms with E-state index in [1.165, 1.54) is 32.8 Å². The minimum Gasteiger partial charge on any atom is -0.468 e. The lowest BCUT2D eigenvalue weighted by atomic mass is 10.0. The van der Waals surface area contributed by atoms with Crippen LogP contribution < -0.4 is 5.32 Å². The van der Waals surface area contributed by atoms with Gasteiger partial charge in [0, 0.05) is 6.04 Å². The molecule has 1 fully saturated rings. The number of carbonyl (C=O) groups excluding carboxylic acids is 1. The Hall–Kier alpha value is -0.570. The predicted molar refractivity (Wildman–Crippen MR) is 69.8 cm³/mol. The maximum atomic E-state index is 11.7. The van der Waals surface area contributed by atoms with Gasteiger partial charge in [-0.1, -0.05) is 27.2 Å². The lowest BCUT2D eigenvalue weighted by molar-refractivity contribution is -0.143. The third-order valence-electron chi connectivity index (χ3n) is 3.75. The van der Waals surface area contributed by atoms with Crippen LogP contribution >= 0.6 is 0 Å². The lowest BCUT2D eigenvalue weighted by Gasteiger charge is -2.22. The molecular formula is C14H27NO2. The van der Waals surface area contributed by atoms with Gasteiger partial charge in [0.15, 0.2) is 0 Å². The van der Waals surface area contributed by atoms with Gasteiger partial charge in [0.1, 0.15) is 6.04 Å². The van der Waals surface area contributed by atoms with Crippen LogP contribution in [0.3, 0.4) is 0 Å². The molecule has 1 rings (SSSR count). The number of ether oxygens (including phenoxy) is 1. The monoisotopic (exact) mass is 241 g/mol. The highest BCUT2D eigenvalue weighted by Gasteiger charge is 2.28. The molecule has 0 aliphatic heterocycles. The summed E-state index contributed by atoms with van der Waals surface area (Å²) in [7, 11) is 1.47. The molecule has 1 N–H and O–H groups in total. The summed E-state index contributed by atoms with van der Waals surface area (Å²) in [5, 5.41) is 3.49. The molecule has 3 unspecified atom stereocenters. The first-order valence-corrected chi connectivity index (χ1v) is 6.90. The van der Waals surface area contributed by atoms with Gasteiger partial charge in [-0.05, 0) is 37.5 Å². The Labute approximate surface area is 105 Å². The number of rotatable bonds is 6. The van der Waals surface area contributed by atoms with Gasteiger partial charge in [-0.15, -0.1) is 0 Å². The van der Waals surface area contributed by atoms with E-state index in [4.69, 9.17) is 4.74 Å². The summed E-state index contributed by atoms with van der Waals surface area (Å²) in [4.78, 5) is 11.7. The lowest BCUT2D eigenvalue weighted by Crippen LogP contribution is -2.43. The number of hydrogen-bond acceptors (Lipinski definition) is 3. The number of methoxy groups -OCH3 is 1. The zero-order valence-electron chi connectivity index (χ0n) is 11.7. The summed E-state index contributed by atoms with van der Waals surface area (Å²) in [6, 6.07) is 0.378. The molecule has 3 heteroatoms. The second kappa shape index (κ2) is 7.00. The number of hydrogen-bond donors (Lipinski definition) is 1. The Morgan fingerprint density at radius 2 is 2.12 bits per heavy atom. The molecule has 0 aromatic rings. The van der Waals surface area contributed by atoms with Crippen molar-refractivity contribution in [3.8, 4) is 0 Å². The Morgan fingerprint density at radius 1 is 1.41 bits per heavy atom. The molecule has 0 aromatic heterocycles. The van der Waals surface area contributed by atoms with Crippen molar-refractivity contribution in [3.05, 3.63) is 0 Å². The second-order valence-electron chi connectivity index (χ2n) is 5.66. The summed E-state index contributed by atoms with van der Waals surface area (Å²) in [5.41, 5.74) is 0. The fourth-order valence-corrected chi connectivity index (χ4v) is 2.73. The normalized spacial score (nSPS) is 26.2. The molecule has 0 amide bonds. The number of nitrogens with one attached hydrogen (secondary N) is 1. The third-order valence-corrected chi connectivity index (χ3v) is 3.75. The summed E-state index contributed by atoms with van der Waals surface area (Å²) in [5.74, 6) is 1.23. The first kappa shape index (κ1) is 14.5. The number of carbonyl (C=O) groups is 1. The summed E-state index contributed by atoms with van der Waals surface area (Å²) >= 11 is 0. The van der Waals surface area contributed by atoms with Crippen molar-refractivity contribution in [1.82, 2.24) is 5.32 Å². The maximum absolute atomic E-state index is 11.7. The fourth-order valence-electron chi connectivity index (χ4n) is 2.73. The average Bonchev–Trinajstić information content (AvgIpc) is 2.74. The van der Waals surface area contributed by atoms with Crippen molar-refractivity contribution in [3.63, 3.8) is 0 Å². The molecule has 0 heterocycles. The van der Waals surface area contributed by atoms with E-state index in [1.807, 2.05) is 0 Å². The minimum atomic E-state index is -0.124. The van der Waals surface area contributed by atoms with Crippen LogP contribution in [0.15, 0.2) is 0 Å². The van der Waals surface area contributed by atoms with Crippen LogP contribution in [0.4, 0.5) is 0 Å². The van der Waals surface area contributed by atoms with Crippen LogP contribution in [0, 0.1) is 11.8 Å². The highest BCUT2D eigenvalue weighted by Crippen LogP contribution is 2.28. The molecule has 3 atom stereocenters. The highest BCUT2D eigenvalue weighted by atomic mass is 16.5. The summed E-state index contributed by atoms with van der Waals surface area (Å²) in [6.07, 6.45) is 5.82. The summed E-state index contributed by atoms with van der Waals surface area (Å²) < 4.78 is 4.88. The predicted octanol–water partition coefficient (Wildman–Crippen LogP) is 2.74. The second-order valence-corrected chi connectivity index (χ2v) is 5.66. The van der Waals surface area contributed by atoms with Gasteiger partial charge in [-0.25, -0.2) is 0 Å². The van der Waals surface area contributed by atoms with E-state index in [1.54, 1.807) is 0 Å². The first-order valence-electron chi connectivity index (χ1n) is 6.90. The number of esters is 1. The van der Waals surface area contributed by atoms with Crippen LogP contribution in [0.25, 0.3) is 0 Å². The van der Waals surface area contributed by atoms with Crippen LogP contribution in [0.1, 0.15) is 52.9 Å². The summed E-state index contributed by atoms with van der Waals surface area (Å²) in [6.45, 7) is 6.53. The molecule has 0 saturated heterocycles. The maximum Gasteiger partial charge on any atom is 0.322 e. The molecule has 1 aliphatic rings. The van der Waals surface area contributed by atoms with Crippen LogP contribution in [-0.2, 0) is 9.53 Å². The Balaban J connectivity index is 2.46. The zero-order chi connectivity index (χ0) is 12.8. The van der Waals surface area contributed by atoms with Gasteiger partial charge in [0.05, 0.1) is 7.11 Å². The van der Waals surface area contributed by atoms with E-state index in [0.29, 0.717) is 12.0 Å². The molecule has 0 radical (unpaired) electrons. The van der Waals surface area contributed by atoms with Crippen molar-refractivity contribution >= 4 is 5.97 Å². The Kier molecular flexibility index (Phi) is 5.96. The topological polar surface area (TPSA) is 38.3 Å². The SMILES string of the molecule is CCC1CCC(NC(CC(C)C)C(=O)OC)C1. The smallest absolute Gasteiger partial charge is 0.322 e. The van der Waals surface area contributed by atoms with Crippen molar-refractivity contribution in [2.45, 2.75) is 65.0 Å². The minimum absolute atomic E-state index is 0.112. The molecule has 17 heavy (non-hydrogen) atoms. The third kappa shape index (κ3) is 4.66. The van der Waals surface area contributed by atoms with E-state index in [2.05, 4.69) is 26.1 Å². The van der Waals surface area contributed by atoms with Gasteiger partial charge in [-0.2, -0.15) is 0 Å².